The molecule has 0 aliphatic carbocycles. The molecule has 13 heteroatoms. The molecule has 2 heterocycles. The van der Waals surface area contributed by atoms with Crippen molar-refractivity contribution in [2.24, 2.45) is 0 Å². The van der Waals surface area contributed by atoms with Crippen molar-refractivity contribution in [3.8, 4) is 0 Å². The van der Waals surface area contributed by atoms with Crippen LogP contribution in [0.25, 0.3) is 0 Å². The van der Waals surface area contributed by atoms with Gasteiger partial charge in [0.05, 0.1) is 18.1 Å². The molecule has 164 valence electrons. The Bertz CT molecular complexity index is 1010. The number of anilines is 1. The van der Waals surface area contributed by atoms with E-state index >= 15 is 0 Å². The van der Waals surface area contributed by atoms with Gasteiger partial charge < -0.3 is 10.1 Å². The molecule has 1 aromatic carbocycles. The Labute approximate surface area is 169 Å². The number of morpholine rings is 1. The van der Waals surface area contributed by atoms with Crippen LogP contribution in [0.15, 0.2) is 35.2 Å². The first-order valence-corrected chi connectivity index (χ1v) is 10.2. The van der Waals surface area contributed by atoms with Gasteiger partial charge in [0, 0.05) is 18.8 Å². The van der Waals surface area contributed by atoms with Crippen LogP contribution < -0.4 is 5.32 Å². The monoisotopic (exact) mass is 450 g/mol. The minimum Gasteiger partial charge on any atom is -0.379 e. The molecule has 0 unspecified atom stereocenters. The molecule has 8 nitrogen and oxygen atoms in total. The second-order valence-electron chi connectivity index (χ2n) is 6.35. The van der Waals surface area contributed by atoms with Gasteiger partial charge in [0.15, 0.2) is 0 Å². The van der Waals surface area contributed by atoms with E-state index in [9.17, 15) is 30.8 Å². The summed E-state index contributed by atoms with van der Waals surface area (Å²) in [7, 11) is -3.80. The minimum absolute atomic E-state index is 0.0606. The third-order valence-corrected chi connectivity index (χ3v) is 6.19. The number of nitrogens with zero attached hydrogens (tertiary/aromatic N) is 3. The number of sulfonamides is 1. The maximum Gasteiger partial charge on any atom is 0.282 e. The zero-order valence-corrected chi connectivity index (χ0v) is 16.3. The first-order chi connectivity index (χ1) is 14.2. The van der Waals surface area contributed by atoms with Crippen LogP contribution in [0.2, 0.25) is 0 Å². The molecule has 0 saturated carbocycles. The third-order valence-electron chi connectivity index (χ3n) is 4.30. The second kappa shape index (κ2) is 9.10. The summed E-state index contributed by atoms with van der Waals surface area (Å²) < 4.78 is 83.8. The highest BCUT2D eigenvalue weighted by atomic mass is 32.2. The largest absolute Gasteiger partial charge is 0.379 e. The molecular weight excluding hydrogens is 432 g/mol. The lowest BCUT2D eigenvalue weighted by Gasteiger charge is -2.26. The molecule has 0 bridgehead atoms. The van der Waals surface area contributed by atoms with Gasteiger partial charge in [-0.25, -0.2) is 26.0 Å². The van der Waals surface area contributed by atoms with Crippen LogP contribution >= 0.6 is 0 Å². The van der Waals surface area contributed by atoms with Crippen molar-refractivity contribution >= 4 is 21.6 Å². The van der Waals surface area contributed by atoms with E-state index in [1.54, 1.807) is 0 Å². The van der Waals surface area contributed by atoms with Crippen molar-refractivity contribution in [1.82, 2.24) is 14.1 Å². The Balaban J connectivity index is 1.74. The van der Waals surface area contributed by atoms with Crippen molar-refractivity contribution in [3.05, 3.63) is 41.7 Å². The molecule has 0 atom stereocenters. The first-order valence-electron chi connectivity index (χ1n) is 8.80. The summed E-state index contributed by atoms with van der Waals surface area (Å²) in [6.45, 7) is 0.189. The summed E-state index contributed by atoms with van der Waals surface area (Å²) >= 11 is 0. The summed E-state index contributed by atoms with van der Waals surface area (Å²) in [5, 5.41) is 5.71. The number of carbonyl (C=O) groups is 1. The standard InChI is InChI=1S/C17H18F4N4O4S/c18-16(19)13-9-14(17(20)21)25(23-13)10-15(26)22-11-2-1-3-12(8-11)30(27,28)24-4-6-29-7-5-24/h1-3,8-9,16-17H,4-7,10H2,(H,22,26). The van der Waals surface area contributed by atoms with Gasteiger partial charge in [0.1, 0.15) is 17.9 Å². The number of aromatic nitrogens is 2. The molecule has 30 heavy (non-hydrogen) atoms. The molecule has 0 spiro atoms. The summed E-state index contributed by atoms with van der Waals surface area (Å²) in [6.07, 6.45) is -6.16. The van der Waals surface area contributed by atoms with Crippen molar-refractivity contribution in [2.75, 3.05) is 31.6 Å². The molecular formula is C17H18F4N4O4S. The Morgan fingerprint density at radius 1 is 1.13 bits per heavy atom. The van der Waals surface area contributed by atoms with Crippen molar-refractivity contribution in [1.29, 1.82) is 0 Å². The molecule has 1 aliphatic rings. The van der Waals surface area contributed by atoms with Crippen LogP contribution in [0.5, 0.6) is 0 Å². The fraction of sp³-hybridized carbons (Fsp3) is 0.412. The molecule has 1 N–H and O–H groups in total. The van der Waals surface area contributed by atoms with Gasteiger partial charge in [-0.2, -0.15) is 9.40 Å². The van der Waals surface area contributed by atoms with Gasteiger partial charge in [0.25, 0.3) is 12.9 Å². The molecule has 2 aromatic rings. The lowest BCUT2D eigenvalue weighted by atomic mass is 10.3. The van der Waals surface area contributed by atoms with Crippen molar-refractivity contribution in [2.45, 2.75) is 24.3 Å². The smallest absolute Gasteiger partial charge is 0.282 e. The Kier molecular flexibility index (Phi) is 6.73. The van der Waals surface area contributed by atoms with E-state index in [0.29, 0.717) is 10.7 Å². The van der Waals surface area contributed by atoms with Crippen LogP contribution in [0.4, 0.5) is 23.2 Å². The van der Waals surface area contributed by atoms with E-state index in [1.165, 1.54) is 28.6 Å². The Morgan fingerprint density at radius 3 is 2.47 bits per heavy atom. The highest BCUT2D eigenvalue weighted by Gasteiger charge is 2.27. The number of hydrogen-bond acceptors (Lipinski definition) is 5. The SMILES string of the molecule is O=C(Cn1nc(C(F)F)cc1C(F)F)Nc1cccc(S(=O)(=O)N2CCOCC2)c1. The van der Waals surface area contributed by atoms with E-state index in [4.69, 9.17) is 4.74 Å². The summed E-state index contributed by atoms with van der Waals surface area (Å²) in [4.78, 5) is 12.2. The summed E-state index contributed by atoms with van der Waals surface area (Å²) in [6, 6.07) is 5.95. The van der Waals surface area contributed by atoms with Crippen LogP contribution in [0, 0.1) is 0 Å². The molecule has 0 radical (unpaired) electrons. The van der Waals surface area contributed by atoms with E-state index < -0.39 is 46.7 Å². The number of halogens is 4. The molecule has 1 fully saturated rings. The summed E-state index contributed by atoms with van der Waals surface area (Å²) in [5.41, 5.74) is -1.57. The van der Waals surface area contributed by atoms with Crippen LogP contribution in [0.1, 0.15) is 24.2 Å². The highest BCUT2D eigenvalue weighted by molar-refractivity contribution is 7.89. The predicted molar refractivity (Wildman–Crippen MR) is 96.8 cm³/mol. The quantitative estimate of drug-likeness (QED) is 0.654. The van der Waals surface area contributed by atoms with E-state index in [-0.39, 0.29) is 36.9 Å². The maximum atomic E-state index is 13.0. The topological polar surface area (TPSA) is 93.5 Å². The first kappa shape index (κ1) is 22.2. The number of ether oxygens (including phenoxy) is 1. The molecule has 1 aromatic heterocycles. The second-order valence-corrected chi connectivity index (χ2v) is 8.28. The maximum absolute atomic E-state index is 13.0. The fourth-order valence-corrected chi connectivity index (χ4v) is 4.32. The number of hydrogen-bond donors (Lipinski definition) is 1. The van der Waals surface area contributed by atoms with Crippen LogP contribution in [0.3, 0.4) is 0 Å². The van der Waals surface area contributed by atoms with E-state index in [1.807, 2.05) is 0 Å². The minimum atomic E-state index is -3.80. The number of amides is 1. The average molecular weight is 450 g/mol. The number of nitrogens with one attached hydrogen (secondary N) is 1. The fourth-order valence-electron chi connectivity index (χ4n) is 2.87. The summed E-state index contributed by atoms with van der Waals surface area (Å²) in [5.74, 6) is -0.832. The molecule has 1 saturated heterocycles. The van der Waals surface area contributed by atoms with Gasteiger partial charge in [-0.05, 0) is 24.3 Å². The zero-order valence-electron chi connectivity index (χ0n) is 15.5. The van der Waals surface area contributed by atoms with Gasteiger partial charge in [0.2, 0.25) is 15.9 Å². The van der Waals surface area contributed by atoms with Gasteiger partial charge >= 0.3 is 0 Å². The van der Waals surface area contributed by atoms with Gasteiger partial charge in [-0.15, -0.1) is 0 Å². The number of carbonyl (C=O) groups excluding carboxylic acids is 1. The highest BCUT2D eigenvalue weighted by Crippen LogP contribution is 2.25. The normalized spacial score (nSPS) is 15.7. The molecule has 1 amide bonds. The third kappa shape index (κ3) is 4.96. The number of benzene rings is 1. The zero-order chi connectivity index (χ0) is 21.9. The molecule has 3 rings (SSSR count). The van der Waals surface area contributed by atoms with Crippen molar-refractivity contribution < 1.29 is 35.5 Å². The average Bonchev–Trinajstić information content (AvgIpc) is 3.13. The lowest BCUT2D eigenvalue weighted by molar-refractivity contribution is -0.117. The van der Waals surface area contributed by atoms with Gasteiger partial charge in [-0.1, -0.05) is 6.07 Å². The van der Waals surface area contributed by atoms with Crippen LogP contribution in [-0.4, -0.2) is 54.7 Å². The van der Waals surface area contributed by atoms with E-state index in [0.717, 1.165) is 0 Å². The lowest BCUT2D eigenvalue weighted by Crippen LogP contribution is -2.40. The number of rotatable bonds is 7. The van der Waals surface area contributed by atoms with Crippen LogP contribution in [-0.2, 0) is 26.1 Å². The number of alkyl halides is 4. The van der Waals surface area contributed by atoms with Crippen molar-refractivity contribution in [3.63, 3.8) is 0 Å². The predicted octanol–water partition coefficient (Wildman–Crippen LogP) is 2.42. The Hall–Kier alpha value is -2.51. The molecule has 1 aliphatic heterocycles. The Morgan fingerprint density at radius 2 is 1.83 bits per heavy atom. The van der Waals surface area contributed by atoms with E-state index in [2.05, 4.69) is 10.4 Å². The van der Waals surface area contributed by atoms with Gasteiger partial charge in [-0.3, -0.25) is 9.48 Å².